The first-order valence-corrected chi connectivity index (χ1v) is 9.64. The Morgan fingerprint density at radius 3 is 2.62 bits per heavy atom. The second kappa shape index (κ2) is 6.81. The zero-order valence-corrected chi connectivity index (χ0v) is 15.8. The van der Waals surface area contributed by atoms with Crippen molar-refractivity contribution in [3.05, 3.63) is 90.0 Å². The first-order valence-electron chi connectivity index (χ1n) is 9.64. The number of aliphatic imine (C=N–C) groups is 2. The summed E-state index contributed by atoms with van der Waals surface area (Å²) in [4.78, 5) is 15.9. The summed E-state index contributed by atoms with van der Waals surface area (Å²) < 4.78 is 14.4. The molecule has 5 nitrogen and oxygen atoms in total. The van der Waals surface area contributed by atoms with Crippen molar-refractivity contribution in [2.45, 2.75) is 12.0 Å². The maximum atomic E-state index is 14.4. The van der Waals surface area contributed by atoms with Crippen molar-refractivity contribution in [3.63, 3.8) is 0 Å². The first-order chi connectivity index (χ1) is 14.2. The van der Waals surface area contributed by atoms with Crippen LogP contribution in [0.3, 0.4) is 0 Å². The largest absolute Gasteiger partial charge is 0.369 e. The third kappa shape index (κ3) is 2.71. The zero-order valence-electron chi connectivity index (χ0n) is 15.8. The number of amidine groups is 1. The molecule has 0 fully saturated rings. The minimum Gasteiger partial charge on any atom is -0.369 e. The van der Waals surface area contributed by atoms with E-state index in [1.807, 2.05) is 47.4 Å². The molecule has 1 atom stereocenters. The molecule has 0 radical (unpaired) electrons. The number of halogens is 1. The first kappa shape index (κ1) is 17.6. The van der Waals surface area contributed by atoms with Crippen molar-refractivity contribution in [2.24, 2.45) is 15.7 Å². The van der Waals surface area contributed by atoms with Crippen LogP contribution in [0.2, 0.25) is 0 Å². The molecule has 0 aliphatic carbocycles. The topological polar surface area (TPSA) is 66.9 Å². The molecule has 6 heteroatoms. The summed E-state index contributed by atoms with van der Waals surface area (Å²) >= 11 is 0. The number of hydrogen-bond donors (Lipinski definition) is 1. The number of rotatable bonds is 3. The number of nitrogens with zero attached hydrogens (tertiary/aromatic N) is 4. The minimum absolute atomic E-state index is 0.256. The Hall–Kier alpha value is -3.54. The van der Waals surface area contributed by atoms with Crippen molar-refractivity contribution in [1.82, 2.24) is 9.88 Å². The van der Waals surface area contributed by atoms with Crippen molar-refractivity contribution < 1.29 is 4.39 Å². The molecule has 144 valence electrons. The zero-order chi connectivity index (χ0) is 19.8. The van der Waals surface area contributed by atoms with Gasteiger partial charge in [-0.25, -0.2) is 9.38 Å². The van der Waals surface area contributed by atoms with Crippen LogP contribution >= 0.6 is 0 Å². The van der Waals surface area contributed by atoms with Crippen LogP contribution < -0.4 is 5.73 Å². The third-order valence-electron chi connectivity index (χ3n) is 5.50. The number of nitrogens with two attached hydrogens (primary N) is 1. The average molecular weight is 385 g/mol. The minimum atomic E-state index is -0.866. The molecule has 0 spiro atoms. The van der Waals surface area contributed by atoms with Crippen LogP contribution in [-0.4, -0.2) is 34.8 Å². The van der Waals surface area contributed by atoms with Crippen molar-refractivity contribution in [3.8, 4) is 11.1 Å². The summed E-state index contributed by atoms with van der Waals surface area (Å²) in [5.74, 6) is 1.02. The van der Waals surface area contributed by atoms with E-state index < -0.39 is 5.54 Å². The quantitative estimate of drug-likeness (QED) is 0.750. The fourth-order valence-corrected chi connectivity index (χ4v) is 4.17. The number of hydrogen-bond acceptors (Lipinski definition) is 5. The highest BCUT2D eigenvalue weighted by molar-refractivity contribution is 6.12. The monoisotopic (exact) mass is 385 g/mol. The van der Waals surface area contributed by atoms with Gasteiger partial charge < -0.3 is 5.73 Å². The lowest BCUT2D eigenvalue weighted by Gasteiger charge is -2.33. The predicted octanol–water partition coefficient (Wildman–Crippen LogP) is 3.56. The average Bonchev–Trinajstić information content (AvgIpc) is 3.09. The number of benzene rings is 2. The Balaban J connectivity index is 1.75. The third-order valence-corrected chi connectivity index (χ3v) is 5.50. The summed E-state index contributed by atoms with van der Waals surface area (Å²) in [6.45, 7) is 1.52. The summed E-state index contributed by atoms with van der Waals surface area (Å²) in [5, 5.41) is 0. The molecule has 29 heavy (non-hydrogen) atoms. The maximum Gasteiger partial charge on any atom is 0.198 e. The van der Waals surface area contributed by atoms with E-state index in [1.54, 1.807) is 24.5 Å². The van der Waals surface area contributed by atoms with E-state index in [-0.39, 0.29) is 5.82 Å². The molecular weight excluding hydrogens is 365 g/mol. The van der Waals surface area contributed by atoms with Crippen LogP contribution in [0, 0.1) is 5.82 Å². The molecule has 0 saturated heterocycles. The maximum absolute atomic E-state index is 14.4. The molecule has 2 aliphatic rings. The summed E-state index contributed by atoms with van der Waals surface area (Å²) in [7, 11) is 0. The van der Waals surface area contributed by atoms with Crippen LogP contribution in [0.1, 0.15) is 17.5 Å². The predicted molar refractivity (Wildman–Crippen MR) is 112 cm³/mol. The Bertz CT molecular complexity index is 1120. The van der Waals surface area contributed by atoms with Crippen LogP contribution in [0.25, 0.3) is 11.1 Å². The Morgan fingerprint density at radius 2 is 1.79 bits per heavy atom. The van der Waals surface area contributed by atoms with Gasteiger partial charge >= 0.3 is 0 Å². The van der Waals surface area contributed by atoms with E-state index in [2.05, 4.69) is 4.98 Å². The fraction of sp³-hybridized carbons (Fsp3) is 0.174. The van der Waals surface area contributed by atoms with Crippen LogP contribution in [0.4, 0.5) is 4.39 Å². The van der Waals surface area contributed by atoms with Gasteiger partial charge in [-0.2, -0.15) is 0 Å². The van der Waals surface area contributed by atoms with E-state index in [0.717, 1.165) is 42.0 Å². The van der Waals surface area contributed by atoms with Gasteiger partial charge in [0.25, 0.3) is 0 Å². The number of guanidine groups is 1. The van der Waals surface area contributed by atoms with Gasteiger partial charge in [0, 0.05) is 31.0 Å². The molecule has 0 amide bonds. The van der Waals surface area contributed by atoms with Crippen molar-refractivity contribution in [1.29, 1.82) is 0 Å². The SMILES string of the molecule is NC1=NC(c2ccncc2)(c2cccc(-c3ccccc3F)c2)C2=NCCCN12. The van der Waals surface area contributed by atoms with Gasteiger partial charge in [-0.15, -0.1) is 0 Å². The lowest BCUT2D eigenvalue weighted by atomic mass is 9.81. The molecule has 0 saturated carbocycles. The lowest BCUT2D eigenvalue weighted by Crippen LogP contribution is -2.46. The van der Waals surface area contributed by atoms with Crippen LogP contribution in [0.5, 0.6) is 0 Å². The highest BCUT2D eigenvalue weighted by Gasteiger charge is 2.49. The van der Waals surface area contributed by atoms with Gasteiger partial charge in [-0.05, 0) is 47.4 Å². The molecule has 5 rings (SSSR count). The Kier molecular flexibility index (Phi) is 4.12. The highest BCUT2D eigenvalue weighted by atomic mass is 19.1. The molecular formula is C23H20FN5. The normalized spacial score (nSPS) is 20.8. The smallest absolute Gasteiger partial charge is 0.198 e. The van der Waals surface area contributed by atoms with E-state index in [4.69, 9.17) is 15.7 Å². The van der Waals surface area contributed by atoms with E-state index in [1.165, 1.54) is 6.07 Å². The molecule has 3 heterocycles. The fourth-order valence-electron chi connectivity index (χ4n) is 4.17. The second-order valence-electron chi connectivity index (χ2n) is 7.19. The van der Waals surface area contributed by atoms with Gasteiger partial charge in [0.1, 0.15) is 11.7 Å². The van der Waals surface area contributed by atoms with Gasteiger partial charge in [-0.3, -0.25) is 14.9 Å². The van der Waals surface area contributed by atoms with Gasteiger partial charge in [0.2, 0.25) is 0 Å². The lowest BCUT2D eigenvalue weighted by molar-refractivity contribution is 0.531. The summed E-state index contributed by atoms with van der Waals surface area (Å²) in [6.07, 6.45) is 4.42. The van der Waals surface area contributed by atoms with Gasteiger partial charge in [0.05, 0.1) is 0 Å². The standard InChI is InChI=1S/C23H20FN5/c24-20-8-2-1-7-19(20)16-5-3-6-18(15-16)23(17-9-12-26-13-10-17)21-27-11-4-14-29(21)22(25)28-23/h1-3,5-10,12-13,15H,4,11,14H2,(H2,25,28). The van der Waals surface area contributed by atoms with Crippen LogP contribution in [-0.2, 0) is 5.54 Å². The molecule has 2 N–H and O–H groups in total. The molecule has 1 unspecified atom stereocenters. The highest BCUT2D eigenvalue weighted by Crippen LogP contribution is 2.42. The van der Waals surface area contributed by atoms with Gasteiger partial charge in [-0.1, -0.05) is 36.4 Å². The summed E-state index contributed by atoms with van der Waals surface area (Å²) in [5.41, 5.74) is 8.64. The van der Waals surface area contributed by atoms with Gasteiger partial charge in [0.15, 0.2) is 11.5 Å². The Labute approximate surface area is 168 Å². The van der Waals surface area contributed by atoms with E-state index >= 15 is 0 Å². The molecule has 0 bridgehead atoms. The van der Waals surface area contributed by atoms with Crippen molar-refractivity contribution in [2.75, 3.05) is 13.1 Å². The number of fused-ring (bicyclic) bond motifs is 1. The van der Waals surface area contributed by atoms with E-state index in [0.29, 0.717) is 11.5 Å². The van der Waals surface area contributed by atoms with Crippen molar-refractivity contribution >= 4 is 11.8 Å². The van der Waals surface area contributed by atoms with Crippen LogP contribution in [0.15, 0.2) is 83.0 Å². The Morgan fingerprint density at radius 1 is 0.966 bits per heavy atom. The molecule has 2 aliphatic heterocycles. The number of aromatic nitrogens is 1. The summed E-state index contributed by atoms with van der Waals surface area (Å²) in [6, 6.07) is 18.5. The molecule has 3 aromatic rings. The second-order valence-corrected chi connectivity index (χ2v) is 7.19. The van der Waals surface area contributed by atoms with E-state index in [9.17, 15) is 4.39 Å². The number of pyridine rings is 1. The molecule has 2 aromatic carbocycles. The molecule has 1 aromatic heterocycles.